The molecule has 0 aromatic heterocycles. The van der Waals surface area contributed by atoms with Gasteiger partial charge in [0.1, 0.15) is 0 Å². The first kappa shape index (κ1) is 14.4. The average molecular weight is 242 g/mol. The number of nitrogens with two attached hydrogens (primary N) is 1. The van der Waals surface area contributed by atoms with Crippen LogP contribution in [0.15, 0.2) is 0 Å². The van der Waals surface area contributed by atoms with Crippen LogP contribution >= 0.6 is 0 Å². The Morgan fingerprint density at radius 3 is 2.76 bits per heavy atom. The molecule has 17 heavy (non-hydrogen) atoms. The van der Waals surface area contributed by atoms with Crippen LogP contribution in [0.2, 0.25) is 0 Å². The fourth-order valence-electron chi connectivity index (χ4n) is 2.44. The minimum absolute atomic E-state index is 0.0610. The molecule has 1 amide bonds. The van der Waals surface area contributed by atoms with Crippen molar-refractivity contribution in [1.29, 1.82) is 0 Å². The van der Waals surface area contributed by atoms with Gasteiger partial charge in [-0.3, -0.25) is 15.1 Å². The van der Waals surface area contributed by atoms with Crippen molar-refractivity contribution >= 4 is 5.91 Å². The van der Waals surface area contributed by atoms with E-state index < -0.39 is 0 Å². The largest absolute Gasteiger partial charge is 0.301 e. The van der Waals surface area contributed by atoms with E-state index in [9.17, 15) is 4.79 Å². The van der Waals surface area contributed by atoms with Gasteiger partial charge in [0.05, 0.1) is 0 Å². The summed E-state index contributed by atoms with van der Waals surface area (Å²) in [6.07, 6.45) is 2.54. The van der Waals surface area contributed by atoms with Gasteiger partial charge in [-0.15, -0.1) is 0 Å². The number of unbranched alkanes of at least 4 members (excludes halogenated alkanes) is 1. The van der Waals surface area contributed by atoms with E-state index in [1.54, 1.807) is 0 Å². The van der Waals surface area contributed by atoms with Crippen molar-refractivity contribution in [2.75, 3.05) is 32.7 Å². The molecule has 100 valence electrons. The molecule has 0 aliphatic carbocycles. The number of amides is 1. The van der Waals surface area contributed by atoms with Gasteiger partial charge in [-0.05, 0) is 32.9 Å². The van der Waals surface area contributed by atoms with E-state index in [4.69, 9.17) is 5.84 Å². The maximum atomic E-state index is 10.9. The molecule has 0 bridgehead atoms. The molecule has 1 unspecified atom stereocenters. The first-order valence-corrected chi connectivity index (χ1v) is 6.63. The van der Waals surface area contributed by atoms with Crippen molar-refractivity contribution in [2.24, 2.45) is 5.84 Å². The zero-order valence-corrected chi connectivity index (χ0v) is 11.1. The minimum atomic E-state index is -0.0610. The van der Waals surface area contributed by atoms with E-state index in [-0.39, 0.29) is 5.91 Å². The van der Waals surface area contributed by atoms with Gasteiger partial charge in [-0.25, -0.2) is 5.84 Å². The molecule has 5 nitrogen and oxygen atoms in total. The second kappa shape index (κ2) is 7.63. The van der Waals surface area contributed by atoms with Crippen molar-refractivity contribution in [3.8, 4) is 0 Å². The number of hydrazine groups is 1. The van der Waals surface area contributed by atoms with E-state index in [1.807, 2.05) is 0 Å². The van der Waals surface area contributed by atoms with Crippen LogP contribution in [0.5, 0.6) is 0 Å². The maximum absolute atomic E-state index is 10.9. The van der Waals surface area contributed by atoms with Crippen LogP contribution in [0.4, 0.5) is 0 Å². The van der Waals surface area contributed by atoms with Gasteiger partial charge in [0.25, 0.3) is 0 Å². The summed E-state index contributed by atoms with van der Waals surface area (Å²) >= 11 is 0. The molecule has 3 N–H and O–H groups in total. The fraction of sp³-hybridized carbons (Fsp3) is 0.917. The quantitative estimate of drug-likeness (QED) is 0.302. The van der Waals surface area contributed by atoms with Crippen LogP contribution in [0.25, 0.3) is 0 Å². The lowest BCUT2D eigenvalue weighted by Gasteiger charge is -2.39. The van der Waals surface area contributed by atoms with Crippen molar-refractivity contribution in [3.63, 3.8) is 0 Å². The van der Waals surface area contributed by atoms with Gasteiger partial charge in [-0.2, -0.15) is 0 Å². The highest BCUT2D eigenvalue weighted by atomic mass is 16.2. The smallest absolute Gasteiger partial charge is 0.233 e. The number of hydrogen-bond acceptors (Lipinski definition) is 4. The van der Waals surface area contributed by atoms with Gasteiger partial charge < -0.3 is 4.90 Å². The molecule has 1 atom stereocenters. The Morgan fingerprint density at radius 2 is 2.18 bits per heavy atom. The number of nitrogens with one attached hydrogen (secondary N) is 1. The Hall–Kier alpha value is -0.650. The number of likely N-dealkylation sites (N-methyl/N-ethyl adjacent to an activating group) is 1. The molecule has 0 saturated carbocycles. The van der Waals surface area contributed by atoms with E-state index in [0.29, 0.717) is 12.5 Å². The Kier molecular flexibility index (Phi) is 6.47. The van der Waals surface area contributed by atoms with Crippen LogP contribution in [0.1, 0.15) is 33.1 Å². The molecule has 1 heterocycles. The third-order valence-corrected chi connectivity index (χ3v) is 3.54. The predicted molar refractivity (Wildman–Crippen MR) is 69.3 cm³/mol. The summed E-state index contributed by atoms with van der Waals surface area (Å²) in [6.45, 7) is 10.2. The zero-order valence-electron chi connectivity index (χ0n) is 11.1. The highest BCUT2D eigenvalue weighted by Crippen LogP contribution is 2.10. The number of hydrogen-bond donors (Lipinski definition) is 2. The maximum Gasteiger partial charge on any atom is 0.233 e. The number of rotatable bonds is 6. The van der Waals surface area contributed by atoms with Gasteiger partial charge in [-0.1, -0.05) is 6.92 Å². The number of piperazine rings is 1. The molecular weight excluding hydrogens is 216 g/mol. The SMILES string of the molecule is CCN1CCN(CCCCC(=O)NN)CC1C. The molecule has 0 radical (unpaired) electrons. The highest BCUT2D eigenvalue weighted by Gasteiger charge is 2.21. The first-order chi connectivity index (χ1) is 8.17. The number of carbonyl (C=O) groups is 1. The molecule has 1 rings (SSSR count). The van der Waals surface area contributed by atoms with Crippen LogP contribution < -0.4 is 11.3 Å². The molecule has 1 aliphatic heterocycles. The summed E-state index contributed by atoms with van der Waals surface area (Å²) in [4.78, 5) is 15.9. The lowest BCUT2D eigenvalue weighted by atomic mass is 10.1. The Bertz CT molecular complexity index is 235. The Balaban J connectivity index is 2.11. The van der Waals surface area contributed by atoms with Crippen LogP contribution in [0.3, 0.4) is 0 Å². The van der Waals surface area contributed by atoms with Gasteiger partial charge in [0.15, 0.2) is 0 Å². The third-order valence-electron chi connectivity index (χ3n) is 3.54. The van der Waals surface area contributed by atoms with E-state index in [2.05, 4.69) is 29.1 Å². The summed E-state index contributed by atoms with van der Waals surface area (Å²) in [5.41, 5.74) is 2.16. The molecule has 5 heteroatoms. The molecular formula is C12H26N4O. The summed E-state index contributed by atoms with van der Waals surface area (Å²) in [5, 5.41) is 0. The number of nitrogens with zero attached hydrogens (tertiary/aromatic N) is 2. The summed E-state index contributed by atoms with van der Waals surface area (Å²) in [5.74, 6) is 4.97. The monoisotopic (exact) mass is 242 g/mol. The summed E-state index contributed by atoms with van der Waals surface area (Å²) in [6, 6.07) is 0.654. The molecule has 0 aromatic carbocycles. The molecule has 1 aliphatic rings. The van der Waals surface area contributed by atoms with Crippen molar-refractivity contribution in [2.45, 2.75) is 39.2 Å². The molecule has 0 aromatic rings. The number of carbonyl (C=O) groups excluding carboxylic acids is 1. The predicted octanol–water partition coefficient (Wildman–Crippen LogP) is 0.173. The van der Waals surface area contributed by atoms with Gasteiger partial charge >= 0.3 is 0 Å². The van der Waals surface area contributed by atoms with Crippen LogP contribution in [0, 0.1) is 0 Å². The second-order valence-electron chi connectivity index (χ2n) is 4.80. The summed E-state index contributed by atoms with van der Waals surface area (Å²) in [7, 11) is 0. The van der Waals surface area contributed by atoms with Crippen molar-refractivity contribution in [3.05, 3.63) is 0 Å². The van der Waals surface area contributed by atoms with Crippen molar-refractivity contribution in [1.82, 2.24) is 15.2 Å². The zero-order chi connectivity index (χ0) is 12.7. The average Bonchev–Trinajstić information content (AvgIpc) is 2.34. The van der Waals surface area contributed by atoms with E-state index in [1.165, 1.54) is 6.54 Å². The highest BCUT2D eigenvalue weighted by molar-refractivity contribution is 5.75. The van der Waals surface area contributed by atoms with Crippen LogP contribution in [-0.2, 0) is 4.79 Å². The fourth-order valence-corrected chi connectivity index (χ4v) is 2.44. The topological polar surface area (TPSA) is 61.6 Å². The third kappa shape index (κ3) is 5.02. The normalized spacial score (nSPS) is 22.6. The lowest BCUT2D eigenvalue weighted by Crippen LogP contribution is -2.51. The lowest BCUT2D eigenvalue weighted by molar-refractivity contribution is -0.121. The first-order valence-electron chi connectivity index (χ1n) is 6.63. The van der Waals surface area contributed by atoms with E-state index >= 15 is 0 Å². The minimum Gasteiger partial charge on any atom is -0.301 e. The van der Waals surface area contributed by atoms with E-state index in [0.717, 1.165) is 39.0 Å². The summed E-state index contributed by atoms with van der Waals surface area (Å²) < 4.78 is 0. The molecule has 1 fully saturated rings. The van der Waals surface area contributed by atoms with Gasteiger partial charge in [0, 0.05) is 32.1 Å². The standard InChI is InChI=1S/C12H26N4O/c1-3-16-9-8-15(10-11(16)2)7-5-4-6-12(17)14-13/h11H,3-10,13H2,1-2H3,(H,14,17). The molecule has 0 spiro atoms. The second-order valence-corrected chi connectivity index (χ2v) is 4.80. The van der Waals surface area contributed by atoms with Crippen LogP contribution in [-0.4, -0.2) is 54.5 Å². The molecule has 1 saturated heterocycles. The van der Waals surface area contributed by atoms with Gasteiger partial charge in [0.2, 0.25) is 5.91 Å². The van der Waals surface area contributed by atoms with Crippen molar-refractivity contribution < 1.29 is 4.79 Å². The Morgan fingerprint density at radius 1 is 1.41 bits per heavy atom. The Labute approximate surface area is 104 Å².